The molecule has 1 N–H and O–H groups in total. The number of nitrogens with one attached hydrogen (secondary N) is 1. The molecule has 1 aromatic heterocycles. The average Bonchev–Trinajstić information content (AvgIpc) is 2.19. The summed E-state index contributed by atoms with van der Waals surface area (Å²) in [5.74, 6) is 0. The van der Waals surface area contributed by atoms with Crippen LogP contribution in [-0.2, 0) is 12.8 Å². The highest BCUT2D eigenvalue weighted by molar-refractivity contribution is 5.58. The molecular formula is C11H16N2. The Labute approximate surface area is 79.4 Å². The molecule has 0 spiro atoms. The van der Waals surface area contributed by atoms with Crippen LogP contribution < -0.4 is 5.32 Å². The van der Waals surface area contributed by atoms with Crippen molar-refractivity contribution >= 4 is 5.69 Å². The van der Waals surface area contributed by atoms with Gasteiger partial charge in [-0.05, 0) is 37.3 Å². The van der Waals surface area contributed by atoms with Gasteiger partial charge in [-0.15, -0.1) is 0 Å². The molecule has 0 radical (unpaired) electrons. The van der Waals surface area contributed by atoms with Crippen LogP contribution in [0.5, 0.6) is 0 Å². The van der Waals surface area contributed by atoms with Gasteiger partial charge in [0.1, 0.15) is 0 Å². The number of hydrogen-bond acceptors (Lipinski definition) is 2. The third-order valence-corrected chi connectivity index (χ3v) is 2.79. The molecule has 0 amide bonds. The van der Waals surface area contributed by atoms with Crippen molar-refractivity contribution in [1.29, 1.82) is 0 Å². The summed E-state index contributed by atoms with van der Waals surface area (Å²) in [5, 5.41) is 3.44. The molecule has 0 aliphatic carbocycles. The fourth-order valence-corrected chi connectivity index (χ4v) is 1.94. The molecule has 1 aliphatic heterocycles. The third-order valence-electron chi connectivity index (χ3n) is 2.79. The van der Waals surface area contributed by atoms with E-state index in [1.54, 1.807) is 0 Å². The number of aromatic nitrogens is 1. The number of nitrogens with zero attached hydrogens (tertiary/aromatic N) is 1. The Morgan fingerprint density at radius 3 is 3.15 bits per heavy atom. The molecule has 2 heteroatoms. The summed E-state index contributed by atoms with van der Waals surface area (Å²) >= 11 is 0. The summed E-state index contributed by atoms with van der Waals surface area (Å²) in [6.45, 7) is 5.47. The molecule has 0 saturated carbocycles. The molecular weight excluding hydrogens is 160 g/mol. The maximum atomic E-state index is 4.49. The second-order valence-electron chi connectivity index (χ2n) is 3.61. The van der Waals surface area contributed by atoms with E-state index in [1.807, 2.05) is 6.20 Å². The lowest BCUT2D eigenvalue weighted by atomic mass is 10.0. The molecule has 2 heterocycles. The standard InChI is InChI=1S/C11H16N2/c1-3-9-7-13-10-5-4-6-12-11(10)8(9)2/h7,12H,3-6H2,1-2H3. The van der Waals surface area contributed by atoms with Crippen molar-refractivity contribution in [2.24, 2.45) is 0 Å². The SMILES string of the molecule is CCc1cnc2c(c1C)NCCC2. The quantitative estimate of drug-likeness (QED) is 0.710. The van der Waals surface area contributed by atoms with E-state index in [9.17, 15) is 0 Å². The van der Waals surface area contributed by atoms with Crippen molar-refractivity contribution in [3.8, 4) is 0 Å². The molecule has 0 saturated heterocycles. The van der Waals surface area contributed by atoms with E-state index in [4.69, 9.17) is 0 Å². The average molecular weight is 176 g/mol. The number of pyridine rings is 1. The predicted octanol–water partition coefficient (Wildman–Crippen LogP) is 2.31. The Morgan fingerprint density at radius 2 is 2.38 bits per heavy atom. The van der Waals surface area contributed by atoms with Gasteiger partial charge in [-0.25, -0.2) is 0 Å². The molecule has 2 rings (SSSR count). The van der Waals surface area contributed by atoms with Crippen molar-refractivity contribution < 1.29 is 0 Å². The Hall–Kier alpha value is -1.05. The maximum Gasteiger partial charge on any atom is 0.0638 e. The van der Waals surface area contributed by atoms with Crippen molar-refractivity contribution in [3.05, 3.63) is 23.0 Å². The van der Waals surface area contributed by atoms with Crippen molar-refractivity contribution in [3.63, 3.8) is 0 Å². The molecule has 0 bridgehead atoms. The van der Waals surface area contributed by atoms with Gasteiger partial charge in [-0.3, -0.25) is 4.98 Å². The van der Waals surface area contributed by atoms with Crippen LogP contribution in [0.2, 0.25) is 0 Å². The van der Waals surface area contributed by atoms with E-state index in [0.717, 1.165) is 19.4 Å². The smallest absolute Gasteiger partial charge is 0.0638 e. The van der Waals surface area contributed by atoms with Crippen LogP contribution in [0.4, 0.5) is 5.69 Å². The van der Waals surface area contributed by atoms with Gasteiger partial charge in [0.2, 0.25) is 0 Å². The predicted molar refractivity (Wildman–Crippen MR) is 55.2 cm³/mol. The van der Waals surface area contributed by atoms with E-state index in [2.05, 4.69) is 24.1 Å². The van der Waals surface area contributed by atoms with Crippen LogP contribution >= 0.6 is 0 Å². The molecule has 0 atom stereocenters. The second kappa shape index (κ2) is 3.36. The zero-order chi connectivity index (χ0) is 9.26. The van der Waals surface area contributed by atoms with Crippen LogP contribution in [0.3, 0.4) is 0 Å². The highest BCUT2D eigenvalue weighted by atomic mass is 14.9. The van der Waals surface area contributed by atoms with E-state index in [0.29, 0.717) is 0 Å². The fourth-order valence-electron chi connectivity index (χ4n) is 1.94. The third kappa shape index (κ3) is 1.41. The topological polar surface area (TPSA) is 24.9 Å². The van der Waals surface area contributed by atoms with Crippen molar-refractivity contribution in [2.45, 2.75) is 33.1 Å². The summed E-state index contributed by atoms with van der Waals surface area (Å²) in [6.07, 6.45) is 5.45. The molecule has 13 heavy (non-hydrogen) atoms. The summed E-state index contributed by atoms with van der Waals surface area (Å²) < 4.78 is 0. The Morgan fingerprint density at radius 1 is 1.54 bits per heavy atom. The Kier molecular flexibility index (Phi) is 2.21. The van der Waals surface area contributed by atoms with Crippen LogP contribution in [0.1, 0.15) is 30.2 Å². The molecule has 0 unspecified atom stereocenters. The Bertz CT molecular complexity index is 318. The minimum atomic E-state index is 1.08. The number of anilines is 1. The molecule has 70 valence electrons. The van der Waals surface area contributed by atoms with Gasteiger partial charge < -0.3 is 5.32 Å². The first-order chi connectivity index (χ1) is 6.33. The first-order valence-corrected chi connectivity index (χ1v) is 5.04. The highest BCUT2D eigenvalue weighted by Gasteiger charge is 2.13. The van der Waals surface area contributed by atoms with Gasteiger partial charge >= 0.3 is 0 Å². The second-order valence-corrected chi connectivity index (χ2v) is 3.61. The monoisotopic (exact) mass is 176 g/mol. The van der Waals surface area contributed by atoms with Gasteiger partial charge in [0.25, 0.3) is 0 Å². The van der Waals surface area contributed by atoms with Crippen LogP contribution in [0.15, 0.2) is 6.20 Å². The summed E-state index contributed by atoms with van der Waals surface area (Å²) in [4.78, 5) is 4.49. The van der Waals surface area contributed by atoms with Crippen LogP contribution in [0, 0.1) is 6.92 Å². The number of rotatable bonds is 1. The van der Waals surface area contributed by atoms with Crippen molar-refractivity contribution in [2.75, 3.05) is 11.9 Å². The normalized spacial score (nSPS) is 14.9. The minimum Gasteiger partial charge on any atom is -0.383 e. The lowest BCUT2D eigenvalue weighted by molar-refractivity contribution is 0.794. The first kappa shape index (κ1) is 8.54. The van der Waals surface area contributed by atoms with Crippen LogP contribution in [-0.4, -0.2) is 11.5 Å². The summed E-state index contributed by atoms with van der Waals surface area (Å²) in [6, 6.07) is 0. The van der Waals surface area contributed by atoms with Gasteiger partial charge in [-0.2, -0.15) is 0 Å². The lowest BCUT2D eigenvalue weighted by Crippen LogP contribution is -2.15. The molecule has 1 aromatic rings. The van der Waals surface area contributed by atoms with Gasteiger partial charge in [0.15, 0.2) is 0 Å². The largest absolute Gasteiger partial charge is 0.383 e. The lowest BCUT2D eigenvalue weighted by Gasteiger charge is -2.20. The van der Waals surface area contributed by atoms with E-state index in [1.165, 1.54) is 28.9 Å². The zero-order valence-corrected chi connectivity index (χ0v) is 8.35. The van der Waals surface area contributed by atoms with Gasteiger partial charge in [0, 0.05) is 12.7 Å². The van der Waals surface area contributed by atoms with E-state index in [-0.39, 0.29) is 0 Å². The van der Waals surface area contributed by atoms with E-state index < -0.39 is 0 Å². The summed E-state index contributed by atoms with van der Waals surface area (Å²) in [7, 11) is 0. The fraction of sp³-hybridized carbons (Fsp3) is 0.545. The van der Waals surface area contributed by atoms with Crippen LogP contribution in [0.25, 0.3) is 0 Å². The zero-order valence-electron chi connectivity index (χ0n) is 8.35. The number of hydrogen-bond donors (Lipinski definition) is 1. The molecule has 0 aromatic carbocycles. The summed E-state index contributed by atoms with van der Waals surface area (Å²) in [5.41, 5.74) is 5.31. The Balaban J connectivity index is 2.48. The van der Waals surface area contributed by atoms with Crippen molar-refractivity contribution in [1.82, 2.24) is 4.98 Å². The maximum absolute atomic E-state index is 4.49. The van der Waals surface area contributed by atoms with E-state index >= 15 is 0 Å². The van der Waals surface area contributed by atoms with Gasteiger partial charge in [0.05, 0.1) is 11.4 Å². The molecule has 2 nitrogen and oxygen atoms in total. The highest BCUT2D eigenvalue weighted by Crippen LogP contribution is 2.26. The van der Waals surface area contributed by atoms with Gasteiger partial charge in [-0.1, -0.05) is 6.92 Å². The molecule has 0 fully saturated rings. The number of fused-ring (bicyclic) bond motifs is 1. The molecule has 1 aliphatic rings. The minimum absolute atomic E-state index is 1.08. The first-order valence-electron chi connectivity index (χ1n) is 5.04. The number of aryl methyl sites for hydroxylation is 2.